The molecule has 0 bridgehead atoms. The molecule has 0 radical (unpaired) electrons. The highest BCUT2D eigenvalue weighted by Gasteiger charge is 2.33. The molecule has 0 amide bonds. The number of methoxy groups -OCH3 is 1. The summed E-state index contributed by atoms with van der Waals surface area (Å²) >= 11 is 0. The molecule has 0 saturated carbocycles. The minimum atomic E-state index is -3.89. The molecule has 0 unspecified atom stereocenters. The number of piperazine rings is 1. The van der Waals surface area contributed by atoms with E-state index >= 15 is 0 Å². The van der Waals surface area contributed by atoms with Crippen LogP contribution in [0.2, 0.25) is 0 Å². The fourth-order valence-corrected chi connectivity index (χ4v) is 7.05. The summed E-state index contributed by atoms with van der Waals surface area (Å²) in [5.41, 5.74) is 0.343. The van der Waals surface area contributed by atoms with E-state index in [1.165, 1.54) is 27.9 Å². The largest absolute Gasteiger partial charge is 0.495 e. The first-order chi connectivity index (χ1) is 14.8. The van der Waals surface area contributed by atoms with E-state index in [0.717, 1.165) is 6.42 Å². The topological polar surface area (TPSA) is 113 Å². The van der Waals surface area contributed by atoms with E-state index in [4.69, 9.17) is 4.74 Å². The summed E-state index contributed by atoms with van der Waals surface area (Å²) in [7, 11) is -5.95. The molecular formula is C19H25N5O5S2. The Hall–Kier alpha value is -2.44. The third-order valence-corrected chi connectivity index (χ3v) is 9.27. The van der Waals surface area contributed by atoms with Crippen LogP contribution in [0.5, 0.6) is 5.75 Å². The molecule has 0 aliphatic carbocycles. The van der Waals surface area contributed by atoms with Crippen molar-refractivity contribution in [1.29, 1.82) is 0 Å². The predicted octanol–water partition coefficient (Wildman–Crippen LogP) is 0.926. The molecule has 10 nitrogen and oxygen atoms in total. The smallest absolute Gasteiger partial charge is 0.246 e. The van der Waals surface area contributed by atoms with Crippen LogP contribution >= 0.6 is 0 Å². The molecular weight excluding hydrogens is 442 g/mol. The number of rotatable bonds is 5. The molecule has 1 aromatic heterocycles. The van der Waals surface area contributed by atoms with Gasteiger partial charge in [-0.25, -0.2) is 26.8 Å². The van der Waals surface area contributed by atoms with Gasteiger partial charge in [-0.2, -0.15) is 4.31 Å². The molecule has 2 aliphatic heterocycles. The zero-order valence-corrected chi connectivity index (χ0v) is 18.8. The number of hydrogen-bond acceptors (Lipinski definition) is 8. The molecule has 0 atom stereocenters. The minimum Gasteiger partial charge on any atom is -0.495 e. The van der Waals surface area contributed by atoms with Gasteiger partial charge in [0.1, 0.15) is 10.6 Å². The molecule has 4 rings (SSSR count). The second-order valence-electron chi connectivity index (χ2n) is 7.37. The first kappa shape index (κ1) is 21.8. The monoisotopic (exact) mass is 467 g/mol. The van der Waals surface area contributed by atoms with E-state index in [2.05, 4.69) is 9.97 Å². The van der Waals surface area contributed by atoms with Crippen molar-refractivity contribution < 1.29 is 21.6 Å². The molecule has 2 fully saturated rings. The van der Waals surface area contributed by atoms with Crippen LogP contribution in [0.15, 0.2) is 41.6 Å². The van der Waals surface area contributed by atoms with Crippen LogP contribution in [-0.2, 0) is 20.0 Å². The molecule has 1 aromatic carbocycles. The van der Waals surface area contributed by atoms with E-state index in [1.807, 2.05) is 4.90 Å². The fourth-order valence-electron chi connectivity index (χ4n) is 3.82. The lowest BCUT2D eigenvalue weighted by molar-refractivity contribution is 0.372. The van der Waals surface area contributed by atoms with E-state index in [1.54, 1.807) is 24.5 Å². The molecule has 0 spiro atoms. The molecule has 2 aromatic rings. The van der Waals surface area contributed by atoms with Gasteiger partial charge in [-0.05, 0) is 37.1 Å². The van der Waals surface area contributed by atoms with Gasteiger partial charge in [0.05, 0.1) is 18.6 Å². The maximum atomic E-state index is 13.4. The van der Waals surface area contributed by atoms with Crippen LogP contribution in [0.3, 0.4) is 0 Å². The van der Waals surface area contributed by atoms with E-state index in [9.17, 15) is 16.8 Å². The number of anilines is 2. The van der Waals surface area contributed by atoms with Gasteiger partial charge in [-0.15, -0.1) is 0 Å². The maximum absolute atomic E-state index is 13.4. The Balaban J connectivity index is 1.60. The summed E-state index contributed by atoms with van der Waals surface area (Å²) in [6.45, 7) is 1.76. The van der Waals surface area contributed by atoms with Crippen LogP contribution < -0.4 is 13.9 Å². The van der Waals surface area contributed by atoms with Crippen molar-refractivity contribution in [3.05, 3.63) is 36.7 Å². The quantitative estimate of drug-likeness (QED) is 0.638. The maximum Gasteiger partial charge on any atom is 0.246 e. The van der Waals surface area contributed by atoms with Crippen molar-refractivity contribution in [2.24, 2.45) is 0 Å². The second-order valence-corrected chi connectivity index (χ2v) is 11.3. The van der Waals surface area contributed by atoms with Gasteiger partial charge in [0.2, 0.25) is 26.0 Å². The van der Waals surface area contributed by atoms with Crippen molar-refractivity contribution in [2.45, 2.75) is 17.7 Å². The average molecular weight is 468 g/mol. The van der Waals surface area contributed by atoms with Crippen molar-refractivity contribution in [1.82, 2.24) is 14.3 Å². The Kier molecular flexibility index (Phi) is 6.04. The predicted molar refractivity (Wildman–Crippen MR) is 116 cm³/mol. The van der Waals surface area contributed by atoms with Crippen LogP contribution in [0.1, 0.15) is 12.8 Å². The average Bonchev–Trinajstić information content (AvgIpc) is 2.79. The lowest BCUT2D eigenvalue weighted by Crippen LogP contribution is -2.49. The minimum absolute atomic E-state index is 0.0299. The Labute approximate surface area is 182 Å². The van der Waals surface area contributed by atoms with Crippen LogP contribution in [-0.4, -0.2) is 76.7 Å². The van der Waals surface area contributed by atoms with Gasteiger partial charge < -0.3 is 9.64 Å². The lowest BCUT2D eigenvalue weighted by Gasteiger charge is -2.34. The molecule has 3 heterocycles. The Morgan fingerprint density at radius 2 is 1.71 bits per heavy atom. The zero-order chi connectivity index (χ0) is 22.1. The van der Waals surface area contributed by atoms with E-state index in [-0.39, 0.29) is 29.5 Å². The van der Waals surface area contributed by atoms with Gasteiger partial charge >= 0.3 is 0 Å². The van der Waals surface area contributed by atoms with Gasteiger partial charge in [-0.3, -0.25) is 4.31 Å². The SMILES string of the molecule is COc1ccc(N2CCCCS2(=O)=O)cc1S(=O)(=O)N1CCN(c2ncccn2)CC1. The molecule has 168 valence electrons. The lowest BCUT2D eigenvalue weighted by atomic mass is 10.2. The summed E-state index contributed by atoms with van der Waals surface area (Å²) in [5, 5.41) is 0. The van der Waals surface area contributed by atoms with Gasteiger partial charge in [0.25, 0.3) is 0 Å². The number of benzene rings is 1. The van der Waals surface area contributed by atoms with E-state index in [0.29, 0.717) is 37.7 Å². The number of ether oxygens (including phenoxy) is 1. The molecule has 0 N–H and O–H groups in total. The summed E-state index contributed by atoms with van der Waals surface area (Å²) in [6.07, 6.45) is 4.64. The zero-order valence-electron chi connectivity index (χ0n) is 17.2. The first-order valence-electron chi connectivity index (χ1n) is 10.0. The van der Waals surface area contributed by atoms with Crippen molar-refractivity contribution >= 4 is 31.7 Å². The van der Waals surface area contributed by atoms with Crippen molar-refractivity contribution in [2.75, 3.05) is 54.8 Å². The highest BCUT2D eigenvalue weighted by atomic mass is 32.2. The number of aromatic nitrogens is 2. The Morgan fingerprint density at radius 3 is 2.35 bits per heavy atom. The van der Waals surface area contributed by atoms with Crippen molar-refractivity contribution in [3.8, 4) is 5.75 Å². The highest BCUT2D eigenvalue weighted by molar-refractivity contribution is 7.92. The summed E-state index contributed by atoms with van der Waals surface area (Å²) in [6, 6.07) is 6.24. The second kappa shape index (κ2) is 8.60. The van der Waals surface area contributed by atoms with Gasteiger partial charge in [-0.1, -0.05) is 0 Å². The number of hydrogen-bond donors (Lipinski definition) is 0. The van der Waals surface area contributed by atoms with E-state index < -0.39 is 20.0 Å². The van der Waals surface area contributed by atoms with Crippen molar-refractivity contribution in [3.63, 3.8) is 0 Å². The van der Waals surface area contributed by atoms with Gasteiger partial charge in [0.15, 0.2) is 0 Å². The third kappa shape index (κ3) is 4.32. The standard InChI is InChI=1S/C19H25N5O5S2/c1-29-17-6-5-16(24-9-2-3-14-30(24,25)26)15-18(17)31(27,28)23-12-10-22(11-13-23)19-20-7-4-8-21-19/h4-8,15H,2-3,9-14H2,1H3. The molecule has 2 aliphatic rings. The normalized spacial score (nSPS) is 19.9. The number of nitrogens with zero attached hydrogens (tertiary/aromatic N) is 5. The van der Waals surface area contributed by atoms with Crippen LogP contribution in [0.25, 0.3) is 0 Å². The third-order valence-electron chi connectivity index (χ3n) is 5.48. The fraction of sp³-hybridized carbons (Fsp3) is 0.474. The van der Waals surface area contributed by atoms with Crippen LogP contribution in [0.4, 0.5) is 11.6 Å². The summed E-state index contributed by atoms with van der Waals surface area (Å²) < 4.78 is 59.8. The molecule has 12 heteroatoms. The van der Waals surface area contributed by atoms with Crippen LogP contribution in [0, 0.1) is 0 Å². The van der Waals surface area contributed by atoms with Gasteiger partial charge in [0, 0.05) is 45.1 Å². The Bertz CT molecular complexity index is 1130. The first-order valence-corrected chi connectivity index (χ1v) is 13.1. The summed E-state index contributed by atoms with van der Waals surface area (Å²) in [4.78, 5) is 10.3. The highest BCUT2D eigenvalue weighted by Crippen LogP contribution is 2.33. The summed E-state index contributed by atoms with van der Waals surface area (Å²) in [5.74, 6) is 0.811. The number of sulfonamides is 2. The molecule has 31 heavy (non-hydrogen) atoms. The molecule has 2 saturated heterocycles. The Morgan fingerprint density at radius 1 is 1.00 bits per heavy atom.